The monoisotopic (exact) mass is 259 g/mol. The van der Waals surface area contributed by atoms with Crippen LogP contribution in [0.3, 0.4) is 0 Å². The number of hydrogen-bond donors (Lipinski definition) is 4. The first kappa shape index (κ1) is 14.7. The van der Waals surface area contributed by atoms with Crippen molar-refractivity contribution < 1.29 is 20.2 Å². The summed E-state index contributed by atoms with van der Waals surface area (Å²) in [6.45, 7) is 3.70. The number of carbonyl (C=O) groups is 1. The molecule has 18 heavy (non-hydrogen) atoms. The van der Waals surface area contributed by atoms with E-state index in [2.05, 4.69) is 5.16 Å². The number of amides is 1. The quantitative estimate of drug-likeness (QED) is 0.226. The van der Waals surface area contributed by atoms with Crippen molar-refractivity contribution in [2.75, 3.05) is 13.1 Å². The first-order valence-electron chi connectivity index (χ1n) is 6.06. The van der Waals surface area contributed by atoms with Crippen LogP contribution >= 0.6 is 0 Å². The topological polar surface area (TPSA) is 119 Å². The number of carbonyl (C=O) groups excluding carboxylic acids is 1. The Morgan fingerprint density at radius 2 is 1.78 bits per heavy atom. The van der Waals surface area contributed by atoms with E-state index in [1.165, 1.54) is 4.90 Å². The van der Waals surface area contributed by atoms with E-state index in [1.54, 1.807) is 13.8 Å². The summed E-state index contributed by atoms with van der Waals surface area (Å²) in [6, 6.07) is 0. The van der Waals surface area contributed by atoms with Crippen molar-refractivity contribution in [3.05, 3.63) is 0 Å². The van der Waals surface area contributed by atoms with Crippen LogP contribution in [0.2, 0.25) is 0 Å². The van der Waals surface area contributed by atoms with Crippen LogP contribution in [0.25, 0.3) is 0 Å². The van der Waals surface area contributed by atoms with Gasteiger partial charge in [0.25, 0.3) is 0 Å². The first-order valence-corrected chi connectivity index (χ1v) is 6.06. The van der Waals surface area contributed by atoms with Crippen LogP contribution < -0.4 is 5.73 Å². The molecule has 2 atom stereocenters. The largest absolute Gasteiger partial charge is 0.409 e. The number of amidine groups is 1. The second-order valence-corrected chi connectivity index (χ2v) is 4.62. The molecule has 104 valence electrons. The molecule has 1 rings (SSSR count). The number of nitrogens with zero attached hydrogens (tertiary/aromatic N) is 2. The molecular weight excluding hydrogens is 238 g/mol. The van der Waals surface area contributed by atoms with E-state index in [4.69, 9.17) is 10.9 Å². The summed E-state index contributed by atoms with van der Waals surface area (Å²) < 4.78 is 0. The van der Waals surface area contributed by atoms with Gasteiger partial charge in [0.05, 0.1) is 12.2 Å². The molecule has 1 amide bonds. The summed E-state index contributed by atoms with van der Waals surface area (Å²) in [6.07, 6.45) is -1.10. The van der Waals surface area contributed by atoms with E-state index < -0.39 is 17.6 Å². The van der Waals surface area contributed by atoms with Crippen molar-refractivity contribution in [2.45, 2.75) is 38.9 Å². The highest BCUT2D eigenvalue weighted by Crippen LogP contribution is 2.31. The van der Waals surface area contributed by atoms with Gasteiger partial charge in [0.15, 0.2) is 5.84 Å². The molecule has 0 aromatic rings. The van der Waals surface area contributed by atoms with Gasteiger partial charge in [0.1, 0.15) is 5.41 Å². The standard InChI is InChI=1S/C11H21N3O4/c1-3-11(4-2,9(12)13-18)10(17)14-5-7(15)8(16)6-14/h7-8,15-16,18H,3-6H2,1-2H3,(H2,12,13). The van der Waals surface area contributed by atoms with Gasteiger partial charge in [-0.25, -0.2) is 0 Å². The highest BCUT2D eigenvalue weighted by Gasteiger charge is 2.45. The van der Waals surface area contributed by atoms with Crippen molar-refractivity contribution in [3.63, 3.8) is 0 Å². The van der Waals surface area contributed by atoms with Crippen LogP contribution in [0.1, 0.15) is 26.7 Å². The van der Waals surface area contributed by atoms with Gasteiger partial charge in [-0.05, 0) is 12.8 Å². The smallest absolute Gasteiger partial charge is 0.236 e. The third-order valence-corrected chi connectivity index (χ3v) is 3.76. The number of β-amino-alcohol motifs (C(OH)–C–C–N with tert-alkyl or cyclic N) is 2. The minimum Gasteiger partial charge on any atom is -0.409 e. The summed E-state index contributed by atoms with van der Waals surface area (Å²) in [5.74, 6) is -0.452. The molecule has 0 saturated carbocycles. The maximum absolute atomic E-state index is 12.5. The molecule has 5 N–H and O–H groups in total. The zero-order valence-corrected chi connectivity index (χ0v) is 10.7. The molecule has 7 heteroatoms. The van der Waals surface area contributed by atoms with Crippen LogP contribution in [0.4, 0.5) is 0 Å². The Balaban J connectivity index is 2.98. The number of nitrogens with two attached hydrogens (primary N) is 1. The first-order chi connectivity index (χ1) is 8.42. The molecule has 0 aliphatic carbocycles. The second kappa shape index (κ2) is 5.53. The molecule has 1 saturated heterocycles. The van der Waals surface area contributed by atoms with Crippen molar-refractivity contribution in [1.29, 1.82) is 0 Å². The maximum Gasteiger partial charge on any atom is 0.236 e. The summed E-state index contributed by atoms with van der Waals surface area (Å²) >= 11 is 0. The van der Waals surface area contributed by atoms with Crippen molar-refractivity contribution in [1.82, 2.24) is 4.90 Å². The number of rotatable bonds is 4. The Kier molecular flexibility index (Phi) is 4.53. The van der Waals surface area contributed by atoms with Gasteiger partial charge < -0.3 is 26.1 Å². The summed E-state index contributed by atoms with van der Waals surface area (Å²) in [7, 11) is 0. The van der Waals surface area contributed by atoms with Crippen LogP contribution in [-0.4, -0.2) is 57.4 Å². The maximum atomic E-state index is 12.5. The number of hydrogen-bond acceptors (Lipinski definition) is 5. The molecule has 1 heterocycles. The van der Waals surface area contributed by atoms with Gasteiger partial charge in [-0.15, -0.1) is 0 Å². The summed E-state index contributed by atoms with van der Waals surface area (Å²) in [4.78, 5) is 13.8. The second-order valence-electron chi connectivity index (χ2n) is 4.62. The molecule has 2 unspecified atom stereocenters. The fourth-order valence-electron chi connectivity index (χ4n) is 2.36. The molecule has 0 bridgehead atoms. The van der Waals surface area contributed by atoms with Gasteiger partial charge in [-0.2, -0.15) is 0 Å². The van der Waals surface area contributed by atoms with E-state index in [0.717, 1.165) is 0 Å². The third kappa shape index (κ3) is 2.28. The Morgan fingerprint density at radius 1 is 1.33 bits per heavy atom. The molecule has 7 nitrogen and oxygen atoms in total. The molecule has 0 radical (unpaired) electrons. The number of aliphatic hydroxyl groups is 2. The molecule has 1 fully saturated rings. The Hall–Kier alpha value is -1.34. The number of likely N-dealkylation sites (tertiary alicyclic amines) is 1. The SMILES string of the molecule is CCC(CC)(C(=O)N1CC(O)C(O)C1)C(N)=NO. The Bertz CT molecular complexity index is 331. The zero-order valence-electron chi connectivity index (χ0n) is 10.7. The van der Waals surface area contributed by atoms with Gasteiger partial charge in [0.2, 0.25) is 5.91 Å². The van der Waals surface area contributed by atoms with Crippen molar-refractivity contribution in [2.24, 2.45) is 16.3 Å². The van der Waals surface area contributed by atoms with Gasteiger partial charge in [-0.3, -0.25) is 4.79 Å². The molecule has 1 aliphatic rings. The summed E-state index contributed by atoms with van der Waals surface area (Å²) in [5, 5.41) is 30.7. The minimum absolute atomic E-state index is 0.0699. The fourth-order valence-corrected chi connectivity index (χ4v) is 2.36. The van der Waals surface area contributed by atoms with E-state index in [0.29, 0.717) is 12.8 Å². The minimum atomic E-state index is -1.07. The average molecular weight is 259 g/mol. The average Bonchev–Trinajstić information content (AvgIpc) is 2.71. The molecular formula is C11H21N3O4. The van der Waals surface area contributed by atoms with E-state index in [-0.39, 0.29) is 24.8 Å². The number of aliphatic hydroxyl groups excluding tert-OH is 2. The van der Waals surface area contributed by atoms with Crippen LogP contribution in [0.15, 0.2) is 5.16 Å². The zero-order chi connectivity index (χ0) is 13.9. The molecule has 0 aromatic heterocycles. The van der Waals surface area contributed by atoms with Crippen LogP contribution in [0, 0.1) is 5.41 Å². The van der Waals surface area contributed by atoms with Crippen molar-refractivity contribution in [3.8, 4) is 0 Å². The van der Waals surface area contributed by atoms with E-state index in [1.807, 2.05) is 0 Å². The predicted molar refractivity (Wildman–Crippen MR) is 65.0 cm³/mol. The van der Waals surface area contributed by atoms with Crippen molar-refractivity contribution >= 4 is 11.7 Å². The summed E-state index contributed by atoms with van der Waals surface area (Å²) in [5.41, 5.74) is 4.57. The van der Waals surface area contributed by atoms with E-state index >= 15 is 0 Å². The third-order valence-electron chi connectivity index (χ3n) is 3.76. The van der Waals surface area contributed by atoms with Gasteiger partial charge >= 0.3 is 0 Å². The van der Waals surface area contributed by atoms with Crippen LogP contribution in [-0.2, 0) is 4.79 Å². The highest BCUT2D eigenvalue weighted by molar-refractivity contribution is 6.06. The van der Waals surface area contributed by atoms with Gasteiger partial charge in [-0.1, -0.05) is 19.0 Å². The predicted octanol–water partition coefficient (Wildman–Crippen LogP) is -0.897. The number of oxime groups is 1. The van der Waals surface area contributed by atoms with Gasteiger partial charge in [0, 0.05) is 13.1 Å². The molecule has 1 aliphatic heterocycles. The normalized spacial score (nSPS) is 25.6. The lowest BCUT2D eigenvalue weighted by molar-refractivity contribution is -0.138. The molecule has 0 spiro atoms. The van der Waals surface area contributed by atoms with Crippen LogP contribution in [0.5, 0.6) is 0 Å². The lowest BCUT2D eigenvalue weighted by Gasteiger charge is -2.32. The highest BCUT2D eigenvalue weighted by atomic mass is 16.4. The lowest BCUT2D eigenvalue weighted by atomic mass is 9.79. The Labute approximate surface area is 106 Å². The lowest BCUT2D eigenvalue weighted by Crippen LogP contribution is -2.50. The van der Waals surface area contributed by atoms with E-state index in [9.17, 15) is 15.0 Å². The fraction of sp³-hybridized carbons (Fsp3) is 0.818. The molecule has 0 aromatic carbocycles. The Morgan fingerprint density at radius 3 is 2.11 bits per heavy atom.